The van der Waals surface area contributed by atoms with Crippen molar-refractivity contribution in [2.24, 2.45) is 0 Å². The van der Waals surface area contributed by atoms with E-state index in [0.717, 1.165) is 5.56 Å². The van der Waals surface area contributed by atoms with Crippen molar-refractivity contribution in [3.63, 3.8) is 0 Å². The van der Waals surface area contributed by atoms with Gasteiger partial charge in [-0.25, -0.2) is 8.78 Å². The lowest BCUT2D eigenvalue weighted by Gasteiger charge is -2.19. The van der Waals surface area contributed by atoms with Crippen LogP contribution in [0.15, 0.2) is 40.9 Å². The molecule has 0 heterocycles. The highest BCUT2D eigenvalue weighted by molar-refractivity contribution is 9.10. The lowest BCUT2D eigenvalue weighted by atomic mass is 9.97. The van der Waals surface area contributed by atoms with Crippen molar-refractivity contribution < 1.29 is 13.5 Å². The number of halogens is 3. The fraction of sp³-hybridized carbons (Fsp3) is 0.250. The number of nitrogens with one attached hydrogen (secondary N) is 1. The number of hydrogen-bond acceptors (Lipinski definition) is 2. The molecule has 0 radical (unpaired) electrons. The lowest BCUT2D eigenvalue weighted by Crippen LogP contribution is -2.20. The average molecular weight is 356 g/mol. The molecule has 0 bridgehead atoms. The Morgan fingerprint density at radius 2 is 1.86 bits per heavy atom. The van der Waals surface area contributed by atoms with Gasteiger partial charge in [-0.2, -0.15) is 0 Å². The Bertz CT molecular complexity index is 610. The monoisotopic (exact) mass is 355 g/mol. The Labute approximate surface area is 131 Å². The summed E-state index contributed by atoms with van der Waals surface area (Å²) in [7, 11) is 1.67. The van der Waals surface area contributed by atoms with Crippen LogP contribution in [0.25, 0.3) is 0 Å². The lowest BCUT2D eigenvalue weighted by molar-refractivity contribution is 0.339. The molecule has 1 atom stereocenters. The molecular formula is C16H16BrF2NO. The van der Waals surface area contributed by atoms with E-state index in [1.54, 1.807) is 19.2 Å². The zero-order valence-electron chi connectivity index (χ0n) is 11.8. The largest absolute Gasteiger partial charge is 0.494 e. The van der Waals surface area contributed by atoms with E-state index in [0.29, 0.717) is 16.8 Å². The van der Waals surface area contributed by atoms with E-state index in [-0.39, 0.29) is 5.56 Å². The highest BCUT2D eigenvalue weighted by atomic mass is 79.9. The Hall–Kier alpha value is -1.46. The van der Waals surface area contributed by atoms with Crippen LogP contribution in [0.1, 0.15) is 24.1 Å². The van der Waals surface area contributed by atoms with Crippen LogP contribution in [-0.4, -0.2) is 13.7 Å². The fourth-order valence-corrected chi connectivity index (χ4v) is 2.66. The molecule has 0 amide bonds. The fourth-order valence-electron chi connectivity index (χ4n) is 2.26. The van der Waals surface area contributed by atoms with Gasteiger partial charge in [0.2, 0.25) is 0 Å². The zero-order chi connectivity index (χ0) is 15.4. The summed E-state index contributed by atoms with van der Waals surface area (Å²) in [5.41, 5.74) is 0.734. The molecule has 2 aromatic carbocycles. The highest BCUT2D eigenvalue weighted by Gasteiger charge is 2.21. The molecule has 0 aromatic heterocycles. The summed E-state index contributed by atoms with van der Waals surface area (Å²) in [5, 5.41) is 2.95. The predicted octanol–water partition coefficient (Wildman–Crippen LogP) is 4.43. The van der Waals surface area contributed by atoms with Gasteiger partial charge in [-0.3, -0.25) is 0 Å². The molecule has 5 heteroatoms. The summed E-state index contributed by atoms with van der Waals surface area (Å²) < 4.78 is 34.1. The van der Waals surface area contributed by atoms with E-state index < -0.39 is 17.7 Å². The van der Waals surface area contributed by atoms with Gasteiger partial charge in [-0.05, 0) is 43.8 Å². The summed E-state index contributed by atoms with van der Waals surface area (Å²) in [6, 6.07) is 9.15. The van der Waals surface area contributed by atoms with Crippen molar-refractivity contribution in [1.29, 1.82) is 0 Å². The second-order valence-corrected chi connectivity index (χ2v) is 5.43. The third-order valence-electron chi connectivity index (χ3n) is 3.12. The topological polar surface area (TPSA) is 21.3 Å². The van der Waals surface area contributed by atoms with Crippen LogP contribution >= 0.6 is 15.9 Å². The second-order valence-electron chi connectivity index (χ2n) is 4.51. The molecule has 0 saturated carbocycles. The standard InChI is InChI=1S/C16H16BrF2NO/c1-3-21-12-6-4-5-10(7-12)16(20-2)15-13(18)8-11(17)9-14(15)19/h4-9,16,20H,3H2,1-2H3. The van der Waals surface area contributed by atoms with Crippen LogP contribution in [0.2, 0.25) is 0 Å². The first-order chi connectivity index (χ1) is 10.1. The maximum absolute atomic E-state index is 14.1. The molecular weight excluding hydrogens is 340 g/mol. The minimum Gasteiger partial charge on any atom is -0.494 e. The van der Waals surface area contributed by atoms with Crippen LogP contribution in [0.4, 0.5) is 8.78 Å². The van der Waals surface area contributed by atoms with Crippen LogP contribution in [0.5, 0.6) is 5.75 Å². The first-order valence-corrected chi connectivity index (χ1v) is 7.40. The summed E-state index contributed by atoms with van der Waals surface area (Å²) in [6.45, 7) is 2.42. The van der Waals surface area contributed by atoms with Crippen LogP contribution in [0.3, 0.4) is 0 Å². The van der Waals surface area contributed by atoms with Crippen molar-refractivity contribution in [2.75, 3.05) is 13.7 Å². The summed E-state index contributed by atoms with van der Waals surface area (Å²) in [4.78, 5) is 0. The van der Waals surface area contributed by atoms with Gasteiger partial charge >= 0.3 is 0 Å². The molecule has 21 heavy (non-hydrogen) atoms. The maximum atomic E-state index is 14.1. The van der Waals surface area contributed by atoms with Crippen LogP contribution in [0, 0.1) is 11.6 Å². The van der Waals surface area contributed by atoms with Crippen molar-refractivity contribution in [3.05, 3.63) is 63.6 Å². The highest BCUT2D eigenvalue weighted by Crippen LogP contribution is 2.30. The van der Waals surface area contributed by atoms with Gasteiger partial charge < -0.3 is 10.1 Å². The maximum Gasteiger partial charge on any atom is 0.132 e. The normalized spacial score (nSPS) is 12.2. The molecule has 2 rings (SSSR count). The van der Waals surface area contributed by atoms with Crippen LogP contribution < -0.4 is 10.1 Å². The second kappa shape index (κ2) is 7.00. The number of hydrogen-bond donors (Lipinski definition) is 1. The number of benzene rings is 2. The molecule has 1 N–H and O–H groups in total. The molecule has 2 nitrogen and oxygen atoms in total. The van der Waals surface area contributed by atoms with Gasteiger partial charge in [-0.1, -0.05) is 28.1 Å². The minimum absolute atomic E-state index is 0.00523. The molecule has 2 aromatic rings. The summed E-state index contributed by atoms with van der Waals surface area (Å²) >= 11 is 3.09. The number of ether oxygens (including phenoxy) is 1. The van der Waals surface area contributed by atoms with E-state index in [1.165, 1.54) is 12.1 Å². The van der Waals surface area contributed by atoms with Crippen molar-refractivity contribution in [3.8, 4) is 5.75 Å². The van der Waals surface area contributed by atoms with E-state index in [4.69, 9.17) is 4.74 Å². The number of rotatable bonds is 5. The first kappa shape index (κ1) is 15.9. The van der Waals surface area contributed by atoms with Gasteiger partial charge in [0.25, 0.3) is 0 Å². The summed E-state index contributed by atoms with van der Waals surface area (Å²) in [5.74, 6) is -0.515. The quantitative estimate of drug-likeness (QED) is 0.856. The van der Waals surface area contributed by atoms with E-state index in [2.05, 4.69) is 21.2 Å². The van der Waals surface area contributed by atoms with Crippen molar-refractivity contribution in [2.45, 2.75) is 13.0 Å². The molecule has 0 aliphatic heterocycles. The Morgan fingerprint density at radius 3 is 2.43 bits per heavy atom. The Kier molecular flexibility index (Phi) is 5.31. The van der Waals surface area contributed by atoms with E-state index in [1.807, 2.05) is 19.1 Å². The van der Waals surface area contributed by atoms with Gasteiger partial charge in [0.05, 0.1) is 12.6 Å². The SMILES string of the molecule is CCOc1cccc(C(NC)c2c(F)cc(Br)cc2F)c1. The predicted molar refractivity (Wildman–Crippen MR) is 82.6 cm³/mol. The van der Waals surface area contributed by atoms with E-state index >= 15 is 0 Å². The molecule has 112 valence electrons. The molecule has 0 fully saturated rings. The van der Waals surface area contributed by atoms with Gasteiger partial charge in [-0.15, -0.1) is 0 Å². The first-order valence-electron chi connectivity index (χ1n) is 6.61. The van der Waals surface area contributed by atoms with Crippen molar-refractivity contribution in [1.82, 2.24) is 5.32 Å². The summed E-state index contributed by atoms with van der Waals surface area (Å²) in [6.07, 6.45) is 0. The van der Waals surface area contributed by atoms with Crippen LogP contribution in [-0.2, 0) is 0 Å². The zero-order valence-corrected chi connectivity index (χ0v) is 13.4. The molecule has 0 aliphatic rings. The third kappa shape index (κ3) is 3.60. The van der Waals surface area contributed by atoms with Gasteiger partial charge in [0.15, 0.2) is 0 Å². The molecule has 0 aliphatic carbocycles. The Morgan fingerprint density at radius 1 is 1.19 bits per heavy atom. The minimum atomic E-state index is -0.594. The molecule has 0 spiro atoms. The molecule has 0 saturated heterocycles. The Balaban J connectivity index is 2.47. The van der Waals surface area contributed by atoms with Crippen molar-refractivity contribution >= 4 is 15.9 Å². The molecule has 1 unspecified atom stereocenters. The van der Waals surface area contributed by atoms with E-state index in [9.17, 15) is 8.78 Å². The average Bonchev–Trinajstić information content (AvgIpc) is 2.43. The third-order valence-corrected chi connectivity index (χ3v) is 3.58. The van der Waals surface area contributed by atoms with Gasteiger partial charge in [0.1, 0.15) is 17.4 Å². The smallest absolute Gasteiger partial charge is 0.132 e. The van der Waals surface area contributed by atoms with Gasteiger partial charge in [0, 0.05) is 10.0 Å².